The van der Waals surface area contributed by atoms with Crippen LogP contribution in [-0.2, 0) is 9.59 Å². The lowest BCUT2D eigenvalue weighted by Crippen LogP contribution is -2.28. The Morgan fingerprint density at radius 2 is 2.07 bits per heavy atom. The monoisotopic (exact) mass is 396 g/mol. The number of nitrogens with zero attached hydrogens (tertiary/aromatic N) is 3. The molecule has 1 unspecified atom stereocenters. The molecule has 9 nitrogen and oxygen atoms in total. The van der Waals surface area contributed by atoms with Gasteiger partial charge in [-0.2, -0.15) is 0 Å². The van der Waals surface area contributed by atoms with Gasteiger partial charge in [-0.25, -0.2) is 0 Å². The zero-order valence-corrected chi connectivity index (χ0v) is 16.3. The van der Waals surface area contributed by atoms with Crippen LogP contribution in [0.4, 0.5) is 11.7 Å². The second-order valence-corrected chi connectivity index (χ2v) is 6.84. The van der Waals surface area contributed by atoms with Crippen molar-refractivity contribution in [3.05, 3.63) is 41.9 Å². The first-order chi connectivity index (χ1) is 13.9. The van der Waals surface area contributed by atoms with Gasteiger partial charge in [0.05, 0.1) is 18.6 Å². The number of aromatic nitrogens is 2. The quantitative estimate of drug-likeness (QED) is 0.706. The van der Waals surface area contributed by atoms with Gasteiger partial charge >= 0.3 is 6.01 Å². The average molecular weight is 396 g/mol. The smallest absolute Gasteiger partial charge is 0.322 e. The van der Waals surface area contributed by atoms with Crippen molar-refractivity contribution in [1.82, 2.24) is 10.2 Å². The van der Waals surface area contributed by atoms with Gasteiger partial charge in [0.2, 0.25) is 11.8 Å². The topological polar surface area (TPSA) is 111 Å². The molecule has 29 heavy (non-hydrogen) atoms. The molecule has 0 spiro atoms. The molecule has 1 N–H and O–H groups in total. The molecule has 1 saturated heterocycles. The Kier molecular flexibility index (Phi) is 4.79. The minimum Gasteiger partial charge on any atom is -0.497 e. The van der Waals surface area contributed by atoms with E-state index in [0.29, 0.717) is 22.8 Å². The molecule has 1 atom stereocenters. The van der Waals surface area contributed by atoms with Crippen LogP contribution in [-0.4, -0.2) is 35.7 Å². The van der Waals surface area contributed by atoms with Crippen molar-refractivity contribution < 1.29 is 23.2 Å². The first-order valence-electron chi connectivity index (χ1n) is 9.11. The van der Waals surface area contributed by atoms with Crippen LogP contribution in [0.3, 0.4) is 0 Å². The predicted molar refractivity (Wildman–Crippen MR) is 104 cm³/mol. The number of carbonyl (C=O) groups is 2. The highest BCUT2D eigenvalue weighted by atomic mass is 16.5. The van der Waals surface area contributed by atoms with Gasteiger partial charge in [0, 0.05) is 24.7 Å². The number of amides is 2. The molecular formula is C20H20N4O5. The summed E-state index contributed by atoms with van der Waals surface area (Å²) in [5.74, 6) is 1.28. The Balaban J connectivity index is 1.44. The Bertz CT molecular complexity index is 1070. The van der Waals surface area contributed by atoms with Gasteiger partial charge < -0.3 is 18.5 Å². The zero-order valence-electron chi connectivity index (χ0n) is 16.3. The van der Waals surface area contributed by atoms with Gasteiger partial charge in [-0.05, 0) is 32.0 Å². The van der Waals surface area contributed by atoms with Crippen molar-refractivity contribution >= 4 is 23.5 Å². The Hall–Kier alpha value is -3.62. The lowest BCUT2D eigenvalue weighted by atomic mass is 10.1. The number of hydrogen-bond donors (Lipinski definition) is 1. The third-order valence-electron chi connectivity index (χ3n) is 4.79. The van der Waals surface area contributed by atoms with Gasteiger partial charge in [-0.15, -0.1) is 5.10 Å². The van der Waals surface area contributed by atoms with Crippen molar-refractivity contribution in [2.45, 2.75) is 20.3 Å². The van der Waals surface area contributed by atoms with Gasteiger partial charge in [-0.3, -0.25) is 14.9 Å². The van der Waals surface area contributed by atoms with E-state index < -0.39 is 5.92 Å². The average Bonchev–Trinajstić information content (AvgIpc) is 3.40. The van der Waals surface area contributed by atoms with Crippen LogP contribution in [0.15, 0.2) is 39.2 Å². The second-order valence-electron chi connectivity index (χ2n) is 6.84. The summed E-state index contributed by atoms with van der Waals surface area (Å²) >= 11 is 0. The number of anilines is 2. The fraction of sp³-hybridized carbons (Fsp3) is 0.300. The maximum Gasteiger partial charge on any atom is 0.322 e. The molecule has 0 aliphatic carbocycles. The lowest BCUT2D eigenvalue weighted by molar-refractivity contribution is -0.122. The SMILES string of the molecule is COc1cccc(N2CC(C(=O)Nc3nnc(-c4cc(C)oc4C)o3)CC2=O)c1. The fourth-order valence-corrected chi connectivity index (χ4v) is 3.34. The molecule has 1 aliphatic heterocycles. The molecule has 0 saturated carbocycles. The summed E-state index contributed by atoms with van der Waals surface area (Å²) in [6, 6.07) is 8.93. The number of benzene rings is 1. The zero-order chi connectivity index (χ0) is 20.5. The molecule has 1 aliphatic rings. The van der Waals surface area contributed by atoms with E-state index in [1.54, 1.807) is 49.3 Å². The number of methoxy groups -OCH3 is 1. The minimum absolute atomic E-state index is 0.0180. The van der Waals surface area contributed by atoms with E-state index in [2.05, 4.69) is 15.5 Å². The highest BCUT2D eigenvalue weighted by Crippen LogP contribution is 2.29. The van der Waals surface area contributed by atoms with Crippen molar-refractivity contribution in [3.63, 3.8) is 0 Å². The molecule has 9 heteroatoms. The number of furan rings is 1. The molecule has 150 valence electrons. The van der Waals surface area contributed by atoms with E-state index in [1.165, 1.54) is 0 Å². The summed E-state index contributed by atoms with van der Waals surface area (Å²) in [6.45, 7) is 3.88. The van der Waals surface area contributed by atoms with Gasteiger partial charge in [0.15, 0.2) is 0 Å². The van der Waals surface area contributed by atoms with Crippen LogP contribution in [0.5, 0.6) is 5.75 Å². The van der Waals surface area contributed by atoms with E-state index in [-0.39, 0.29) is 36.7 Å². The molecule has 2 amide bonds. The second kappa shape index (κ2) is 7.42. The maximum atomic E-state index is 12.6. The largest absolute Gasteiger partial charge is 0.497 e. The van der Waals surface area contributed by atoms with Crippen LogP contribution < -0.4 is 15.0 Å². The van der Waals surface area contributed by atoms with Crippen LogP contribution in [0.25, 0.3) is 11.5 Å². The van der Waals surface area contributed by atoms with Gasteiger partial charge in [0.1, 0.15) is 17.3 Å². The highest BCUT2D eigenvalue weighted by Gasteiger charge is 2.36. The molecule has 3 heterocycles. The molecular weight excluding hydrogens is 376 g/mol. The van der Waals surface area contributed by atoms with E-state index in [4.69, 9.17) is 13.6 Å². The Morgan fingerprint density at radius 1 is 1.24 bits per heavy atom. The standard InChI is InChI=1S/C20H20N4O5/c1-11-7-16(12(2)28-11)19-22-23-20(29-19)21-18(26)13-8-17(25)24(10-13)14-5-4-6-15(9-14)27-3/h4-7,9,13H,8,10H2,1-3H3,(H,21,23,26). The first kappa shape index (κ1) is 18.7. The number of aryl methyl sites for hydroxylation is 2. The molecule has 0 radical (unpaired) electrons. The first-order valence-corrected chi connectivity index (χ1v) is 9.11. The van der Waals surface area contributed by atoms with Crippen LogP contribution in [0.2, 0.25) is 0 Å². The normalized spacial score (nSPS) is 16.3. The van der Waals surface area contributed by atoms with Crippen LogP contribution in [0.1, 0.15) is 17.9 Å². The van der Waals surface area contributed by atoms with Crippen LogP contribution >= 0.6 is 0 Å². The predicted octanol–water partition coefficient (Wildman–Crippen LogP) is 2.95. The summed E-state index contributed by atoms with van der Waals surface area (Å²) in [5.41, 5.74) is 1.37. The molecule has 1 aromatic carbocycles. The number of hydrogen-bond acceptors (Lipinski definition) is 7. The Labute approximate surface area is 166 Å². The summed E-state index contributed by atoms with van der Waals surface area (Å²) in [6.07, 6.45) is 0.101. The van der Waals surface area contributed by atoms with Crippen molar-refractivity contribution in [3.8, 4) is 17.2 Å². The van der Waals surface area contributed by atoms with E-state index >= 15 is 0 Å². The van der Waals surface area contributed by atoms with Crippen molar-refractivity contribution in [2.75, 3.05) is 23.9 Å². The number of nitrogens with one attached hydrogen (secondary N) is 1. The van der Waals surface area contributed by atoms with Crippen LogP contribution in [0, 0.1) is 19.8 Å². The molecule has 2 aromatic heterocycles. The minimum atomic E-state index is -0.526. The molecule has 4 rings (SSSR count). The molecule has 0 bridgehead atoms. The molecule has 1 fully saturated rings. The summed E-state index contributed by atoms with van der Waals surface area (Å²) < 4.78 is 16.2. The number of rotatable bonds is 5. The van der Waals surface area contributed by atoms with E-state index in [0.717, 1.165) is 5.76 Å². The number of carbonyl (C=O) groups excluding carboxylic acids is 2. The third kappa shape index (κ3) is 3.71. The van der Waals surface area contributed by atoms with Crippen molar-refractivity contribution in [1.29, 1.82) is 0 Å². The molecule has 3 aromatic rings. The maximum absolute atomic E-state index is 12.6. The Morgan fingerprint density at radius 3 is 2.79 bits per heavy atom. The summed E-state index contributed by atoms with van der Waals surface area (Å²) in [4.78, 5) is 26.6. The van der Waals surface area contributed by atoms with E-state index in [9.17, 15) is 9.59 Å². The van der Waals surface area contributed by atoms with Gasteiger partial charge in [-0.1, -0.05) is 11.2 Å². The number of ether oxygens (including phenoxy) is 1. The lowest BCUT2D eigenvalue weighted by Gasteiger charge is -2.17. The summed E-state index contributed by atoms with van der Waals surface area (Å²) in [7, 11) is 1.56. The van der Waals surface area contributed by atoms with Gasteiger partial charge in [0.25, 0.3) is 5.89 Å². The third-order valence-corrected chi connectivity index (χ3v) is 4.79. The highest BCUT2D eigenvalue weighted by molar-refractivity contribution is 6.03. The summed E-state index contributed by atoms with van der Waals surface area (Å²) in [5, 5.41) is 10.4. The van der Waals surface area contributed by atoms with Crippen molar-refractivity contribution in [2.24, 2.45) is 5.92 Å². The van der Waals surface area contributed by atoms with E-state index in [1.807, 2.05) is 6.92 Å². The fourth-order valence-electron chi connectivity index (χ4n) is 3.34.